The van der Waals surface area contributed by atoms with E-state index < -0.39 is 0 Å². The summed E-state index contributed by atoms with van der Waals surface area (Å²) in [6.07, 6.45) is 2.68. The molecular weight excluding hydrogens is 291 g/mol. The average Bonchev–Trinajstić information content (AvgIpc) is 2.49. The van der Waals surface area contributed by atoms with Crippen molar-refractivity contribution in [1.82, 2.24) is 5.32 Å². The fourth-order valence-corrected chi connectivity index (χ4v) is 4.14. The van der Waals surface area contributed by atoms with Crippen molar-refractivity contribution in [3.63, 3.8) is 0 Å². The number of nitrogens with zero attached hydrogens (tertiary/aromatic N) is 1. The van der Waals surface area contributed by atoms with E-state index >= 15 is 0 Å². The monoisotopic (exact) mass is 314 g/mol. The van der Waals surface area contributed by atoms with Crippen LogP contribution >= 0.6 is 11.6 Å². The van der Waals surface area contributed by atoms with Crippen molar-refractivity contribution < 1.29 is 16.9 Å². The van der Waals surface area contributed by atoms with Crippen LogP contribution in [0.25, 0.3) is 0 Å². The molecule has 4 rings (SSSR count). The maximum absolute atomic E-state index is 6.23. The number of hydrogen-bond acceptors (Lipinski definition) is 1. The Bertz CT molecular complexity index is 416. The summed E-state index contributed by atoms with van der Waals surface area (Å²) in [5, 5.41) is 3.85. The van der Waals surface area contributed by atoms with E-state index in [-0.39, 0.29) is 12.4 Å². The predicted octanol–water partition coefficient (Wildman–Crippen LogP) is 0.147. The van der Waals surface area contributed by atoms with Crippen molar-refractivity contribution in [3.8, 4) is 0 Å². The third kappa shape index (κ3) is 3.14. The topological polar surface area (TPSA) is 12.0 Å². The first-order chi connectivity index (χ1) is 9.22. The van der Waals surface area contributed by atoms with Crippen molar-refractivity contribution in [2.75, 3.05) is 25.6 Å². The minimum atomic E-state index is 0. The quantitative estimate of drug-likeness (QED) is 0.474. The van der Waals surface area contributed by atoms with Gasteiger partial charge in [-0.2, -0.15) is 0 Å². The second-order valence-electron chi connectivity index (χ2n) is 6.33. The second-order valence-corrected chi connectivity index (χ2v) is 6.57. The number of rotatable bonds is 4. The van der Waals surface area contributed by atoms with Crippen molar-refractivity contribution >= 4 is 11.6 Å². The summed E-state index contributed by atoms with van der Waals surface area (Å²) in [5.41, 5.74) is 1.39. The highest BCUT2D eigenvalue weighted by atomic mass is 35.5. The van der Waals surface area contributed by atoms with E-state index in [1.807, 2.05) is 0 Å². The molecule has 2 nitrogen and oxygen atoms in total. The number of fused-ring (bicyclic) bond motifs is 3. The molecule has 2 unspecified atom stereocenters. The van der Waals surface area contributed by atoms with Gasteiger partial charge in [0, 0.05) is 18.9 Å². The van der Waals surface area contributed by atoms with Gasteiger partial charge >= 0.3 is 0 Å². The molecule has 0 aromatic heterocycles. The highest BCUT2D eigenvalue weighted by Crippen LogP contribution is 2.35. The fourth-order valence-electron chi connectivity index (χ4n) is 3.80. The first-order valence-electron chi connectivity index (χ1n) is 7.44. The fraction of sp³-hybridized carbons (Fsp3) is 0.625. The summed E-state index contributed by atoms with van der Waals surface area (Å²) in [6, 6.07) is 12.6. The van der Waals surface area contributed by atoms with Gasteiger partial charge in [-0.1, -0.05) is 41.9 Å². The van der Waals surface area contributed by atoms with E-state index in [9.17, 15) is 0 Å². The second kappa shape index (κ2) is 6.65. The molecule has 3 fully saturated rings. The third-order valence-corrected chi connectivity index (χ3v) is 5.63. The molecule has 1 aromatic rings. The molecule has 3 aliphatic rings. The van der Waals surface area contributed by atoms with E-state index in [2.05, 4.69) is 42.6 Å². The number of nitrogens with one attached hydrogen (secondary N) is 1. The van der Waals surface area contributed by atoms with Gasteiger partial charge in [0.05, 0.1) is 25.7 Å². The van der Waals surface area contributed by atoms with Crippen LogP contribution in [0.3, 0.4) is 0 Å². The minimum absolute atomic E-state index is 0. The highest BCUT2D eigenvalue weighted by molar-refractivity contribution is 6.17. The van der Waals surface area contributed by atoms with Gasteiger partial charge in [0.1, 0.15) is 0 Å². The maximum atomic E-state index is 6.23. The molecule has 2 atom stereocenters. The molecule has 0 radical (unpaired) electrons. The lowest BCUT2D eigenvalue weighted by atomic mass is 9.81. The zero-order chi connectivity index (χ0) is 13.3. The van der Waals surface area contributed by atoms with Crippen LogP contribution in [0.5, 0.6) is 0 Å². The molecule has 3 heterocycles. The van der Waals surface area contributed by atoms with Gasteiger partial charge in [-0.05, 0) is 18.4 Å². The summed E-state index contributed by atoms with van der Waals surface area (Å²) in [5.74, 6) is 0.856. The highest BCUT2D eigenvalue weighted by Gasteiger charge is 2.45. The summed E-state index contributed by atoms with van der Waals surface area (Å²) in [7, 11) is 0. The molecule has 1 aromatic carbocycles. The summed E-state index contributed by atoms with van der Waals surface area (Å²) < 4.78 is 1.12. The number of quaternary nitrogens is 1. The van der Waals surface area contributed by atoms with Crippen LogP contribution in [0.4, 0.5) is 0 Å². The van der Waals surface area contributed by atoms with Crippen LogP contribution < -0.4 is 17.7 Å². The molecule has 0 saturated carbocycles. The van der Waals surface area contributed by atoms with Gasteiger partial charge in [0.25, 0.3) is 0 Å². The Kier molecular flexibility index (Phi) is 5.36. The molecule has 20 heavy (non-hydrogen) atoms. The molecular formula is C16H24Cl2N2. The van der Waals surface area contributed by atoms with Crippen LogP contribution in [-0.4, -0.2) is 36.2 Å². The molecule has 2 bridgehead atoms. The van der Waals surface area contributed by atoms with Crippen molar-refractivity contribution in [1.29, 1.82) is 0 Å². The standard InChI is InChI=1S/C16H24ClN2.ClH/c1-13(14-5-3-2-4-6-14)18-16-11-19(12-17)9-7-15(16)8-10-19;/h2-6,13,15-16,18H,7-12H2,1H3;1H/q+1;/p-1. The SMILES string of the molecule is CC(NC1C[N+]2(CCl)CCC1CC2)c1ccccc1.[Cl-]. The Hall–Kier alpha value is -0.280. The van der Waals surface area contributed by atoms with Crippen molar-refractivity contribution in [2.24, 2.45) is 5.92 Å². The Labute approximate surface area is 133 Å². The largest absolute Gasteiger partial charge is 1.00 e. The van der Waals surface area contributed by atoms with Crippen molar-refractivity contribution in [3.05, 3.63) is 35.9 Å². The molecule has 3 saturated heterocycles. The normalized spacial score (nSPS) is 33.5. The van der Waals surface area contributed by atoms with E-state index in [0.29, 0.717) is 12.1 Å². The van der Waals surface area contributed by atoms with Gasteiger partial charge in [-0.25, -0.2) is 0 Å². The average molecular weight is 315 g/mol. The minimum Gasteiger partial charge on any atom is -1.00 e. The first-order valence-corrected chi connectivity index (χ1v) is 7.98. The Balaban J connectivity index is 0.00000147. The summed E-state index contributed by atoms with van der Waals surface area (Å²) in [4.78, 5) is 0. The van der Waals surface area contributed by atoms with Gasteiger partial charge in [-0.15, -0.1) is 0 Å². The van der Waals surface area contributed by atoms with Crippen LogP contribution in [0.15, 0.2) is 30.3 Å². The van der Waals surface area contributed by atoms with Crippen molar-refractivity contribution in [2.45, 2.75) is 31.8 Å². The zero-order valence-corrected chi connectivity index (χ0v) is 13.6. The summed E-state index contributed by atoms with van der Waals surface area (Å²) >= 11 is 6.23. The van der Waals surface area contributed by atoms with E-state index in [1.54, 1.807) is 0 Å². The van der Waals surface area contributed by atoms with Gasteiger partial charge in [0.2, 0.25) is 0 Å². The van der Waals surface area contributed by atoms with E-state index in [4.69, 9.17) is 11.6 Å². The van der Waals surface area contributed by atoms with Crippen LogP contribution in [0, 0.1) is 5.92 Å². The molecule has 0 aliphatic carbocycles. The Morgan fingerprint density at radius 3 is 2.50 bits per heavy atom. The van der Waals surface area contributed by atoms with Gasteiger partial charge in [-0.3, -0.25) is 0 Å². The third-order valence-electron chi connectivity index (χ3n) is 5.12. The molecule has 0 amide bonds. The van der Waals surface area contributed by atoms with E-state index in [0.717, 1.165) is 16.4 Å². The lowest BCUT2D eigenvalue weighted by Gasteiger charge is -2.52. The van der Waals surface area contributed by atoms with Gasteiger partial charge in [0.15, 0.2) is 6.00 Å². The Morgan fingerprint density at radius 1 is 1.25 bits per heavy atom. The smallest absolute Gasteiger partial charge is 0.154 e. The number of alkyl halides is 1. The zero-order valence-electron chi connectivity index (χ0n) is 12.1. The van der Waals surface area contributed by atoms with Crippen LogP contribution in [0.2, 0.25) is 0 Å². The lowest BCUT2D eigenvalue weighted by molar-refractivity contribution is -0.934. The number of halogens is 2. The van der Waals surface area contributed by atoms with Crippen LogP contribution in [-0.2, 0) is 0 Å². The van der Waals surface area contributed by atoms with Crippen LogP contribution in [0.1, 0.15) is 31.4 Å². The molecule has 3 aliphatic heterocycles. The Morgan fingerprint density at radius 2 is 1.90 bits per heavy atom. The molecule has 0 spiro atoms. The number of hydrogen-bond donors (Lipinski definition) is 1. The molecule has 1 N–H and O–H groups in total. The lowest BCUT2D eigenvalue weighted by Crippen LogP contribution is -3.00. The molecule has 112 valence electrons. The maximum Gasteiger partial charge on any atom is 0.154 e. The molecule has 4 heteroatoms. The predicted molar refractivity (Wildman–Crippen MR) is 80.1 cm³/mol. The summed E-state index contributed by atoms with van der Waals surface area (Å²) in [6.45, 7) is 6.06. The number of benzene rings is 1. The van der Waals surface area contributed by atoms with E-state index in [1.165, 1.54) is 38.0 Å². The number of piperidine rings is 3. The van der Waals surface area contributed by atoms with Gasteiger partial charge < -0.3 is 22.2 Å². The first kappa shape index (κ1) is 16.1.